The average Bonchev–Trinajstić information content (AvgIpc) is 2.49. The molecule has 2 aromatic rings. The molecule has 0 radical (unpaired) electrons. The standard InChI is InChI=1S/C15H17N3O2/c19-14(12-5-2-1-3-6-12)8-10-17-15(20)18-13-7-4-9-16-11-13/h1-7,9,11,14,19H,8,10H2,(H2,17,18,20). The van der Waals surface area contributed by atoms with Crippen molar-refractivity contribution in [3.05, 3.63) is 60.4 Å². The molecule has 2 rings (SSSR count). The van der Waals surface area contributed by atoms with Gasteiger partial charge in [-0.2, -0.15) is 0 Å². The molecule has 104 valence electrons. The number of benzene rings is 1. The summed E-state index contributed by atoms with van der Waals surface area (Å²) in [4.78, 5) is 15.5. The topological polar surface area (TPSA) is 74.2 Å². The molecule has 1 atom stereocenters. The van der Waals surface area contributed by atoms with Crippen molar-refractivity contribution >= 4 is 11.7 Å². The summed E-state index contributed by atoms with van der Waals surface area (Å²) in [7, 11) is 0. The number of hydrogen-bond acceptors (Lipinski definition) is 3. The summed E-state index contributed by atoms with van der Waals surface area (Å²) in [5.41, 5.74) is 1.48. The Kier molecular flexibility index (Phi) is 5.08. The van der Waals surface area contributed by atoms with Crippen LogP contribution in [0.15, 0.2) is 54.9 Å². The zero-order valence-corrected chi connectivity index (χ0v) is 11.0. The fourth-order valence-electron chi connectivity index (χ4n) is 1.78. The van der Waals surface area contributed by atoms with E-state index in [1.54, 1.807) is 24.5 Å². The summed E-state index contributed by atoms with van der Waals surface area (Å²) in [6.07, 6.45) is 3.09. The molecule has 0 aliphatic rings. The lowest BCUT2D eigenvalue weighted by atomic mass is 10.1. The number of aliphatic hydroxyl groups excluding tert-OH is 1. The Labute approximate surface area is 117 Å². The SMILES string of the molecule is O=C(NCCC(O)c1ccccc1)Nc1cccnc1. The molecule has 5 heteroatoms. The van der Waals surface area contributed by atoms with Crippen molar-refractivity contribution in [2.24, 2.45) is 0 Å². The summed E-state index contributed by atoms with van der Waals surface area (Å²) >= 11 is 0. The number of pyridine rings is 1. The minimum atomic E-state index is -0.574. The molecule has 0 spiro atoms. The fraction of sp³-hybridized carbons (Fsp3) is 0.200. The minimum absolute atomic E-state index is 0.307. The third-order valence-electron chi connectivity index (χ3n) is 2.81. The maximum absolute atomic E-state index is 11.6. The van der Waals surface area contributed by atoms with Gasteiger partial charge in [0.2, 0.25) is 0 Å². The van der Waals surface area contributed by atoms with E-state index < -0.39 is 6.10 Å². The first kappa shape index (κ1) is 14.0. The fourth-order valence-corrected chi connectivity index (χ4v) is 1.78. The number of urea groups is 1. The lowest BCUT2D eigenvalue weighted by Gasteiger charge is -2.12. The Bertz CT molecular complexity index is 531. The van der Waals surface area contributed by atoms with Gasteiger partial charge in [0.25, 0.3) is 0 Å². The summed E-state index contributed by atoms with van der Waals surface area (Å²) in [6, 6.07) is 12.6. The molecule has 0 fully saturated rings. The second kappa shape index (κ2) is 7.25. The molecule has 0 aliphatic carbocycles. The lowest BCUT2D eigenvalue weighted by molar-refractivity contribution is 0.167. The van der Waals surface area contributed by atoms with Crippen LogP contribution in [-0.2, 0) is 0 Å². The largest absolute Gasteiger partial charge is 0.388 e. The minimum Gasteiger partial charge on any atom is -0.388 e. The lowest BCUT2D eigenvalue weighted by Crippen LogP contribution is -2.30. The summed E-state index contributed by atoms with van der Waals surface area (Å²) in [6.45, 7) is 0.391. The molecule has 0 aliphatic heterocycles. The van der Waals surface area contributed by atoms with Crippen molar-refractivity contribution in [1.29, 1.82) is 0 Å². The van der Waals surface area contributed by atoms with Crippen molar-refractivity contribution in [1.82, 2.24) is 10.3 Å². The van der Waals surface area contributed by atoms with Gasteiger partial charge in [0.15, 0.2) is 0 Å². The van der Waals surface area contributed by atoms with E-state index in [0.717, 1.165) is 5.56 Å². The van der Waals surface area contributed by atoms with Crippen LogP contribution in [-0.4, -0.2) is 22.7 Å². The smallest absolute Gasteiger partial charge is 0.319 e. The third-order valence-corrected chi connectivity index (χ3v) is 2.81. The summed E-state index contributed by atoms with van der Waals surface area (Å²) < 4.78 is 0. The molecular weight excluding hydrogens is 254 g/mol. The van der Waals surface area contributed by atoms with Crippen molar-refractivity contribution in [2.75, 3.05) is 11.9 Å². The summed E-state index contributed by atoms with van der Waals surface area (Å²) in [5.74, 6) is 0. The van der Waals surface area contributed by atoms with Crippen molar-refractivity contribution in [3.8, 4) is 0 Å². The van der Waals surface area contributed by atoms with Gasteiger partial charge < -0.3 is 15.7 Å². The van der Waals surface area contributed by atoms with Crippen molar-refractivity contribution < 1.29 is 9.90 Å². The Morgan fingerprint density at radius 3 is 2.70 bits per heavy atom. The van der Waals surface area contributed by atoms with Gasteiger partial charge >= 0.3 is 6.03 Å². The molecule has 1 aromatic carbocycles. The number of carbonyl (C=O) groups excluding carboxylic acids is 1. The number of aromatic nitrogens is 1. The van der Waals surface area contributed by atoms with Crippen LogP contribution in [0.2, 0.25) is 0 Å². The van der Waals surface area contributed by atoms with Crippen LogP contribution < -0.4 is 10.6 Å². The molecule has 3 N–H and O–H groups in total. The maximum Gasteiger partial charge on any atom is 0.319 e. The molecule has 5 nitrogen and oxygen atoms in total. The highest BCUT2D eigenvalue weighted by atomic mass is 16.3. The van der Waals surface area contributed by atoms with E-state index in [9.17, 15) is 9.90 Å². The second-order valence-electron chi connectivity index (χ2n) is 4.34. The zero-order valence-electron chi connectivity index (χ0n) is 11.0. The van der Waals surface area contributed by atoms with E-state index in [2.05, 4.69) is 15.6 Å². The van der Waals surface area contributed by atoms with E-state index in [1.807, 2.05) is 30.3 Å². The number of amides is 2. The number of nitrogens with one attached hydrogen (secondary N) is 2. The van der Waals surface area contributed by atoms with Crippen LogP contribution in [0, 0.1) is 0 Å². The van der Waals surface area contributed by atoms with Crippen LogP contribution in [0.4, 0.5) is 10.5 Å². The van der Waals surface area contributed by atoms with Gasteiger partial charge in [0.1, 0.15) is 0 Å². The molecule has 1 aromatic heterocycles. The number of aliphatic hydroxyl groups is 1. The Balaban J connectivity index is 1.72. The number of carbonyl (C=O) groups is 1. The van der Waals surface area contributed by atoms with Gasteiger partial charge in [0, 0.05) is 12.7 Å². The molecule has 1 unspecified atom stereocenters. The first-order valence-electron chi connectivity index (χ1n) is 6.43. The zero-order chi connectivity index (χ0) is 14.2. The molecule has 20 heavy (non-hydrogen) atoms. The third kappa shape index (κ3) is 4.37. The molecule has 0 bridgehead atoms. The highest BCUT2D eigenvalue weighted by molar-refractivity contribution is 5.88. The molecule has 0 saturated heterocycles. The van der Waals surface area contributed by atoms with Gasteiger partial charge in [0.05, 0.1) is 18.0 Å². The normalized spacial score (nSPS) is 11.7. The van der Waals surface area contributed by atoms with Crippen molar-refractivity contribution in [2.45, 2.75) is 12.5 Å². The molecule has 1 heterocycles. The van der Waals surface area contributed by atoms with E-state index in [1.165, 1.54) is 0 Å². The first-order valence-corrected chi connectivity index (χ1v) is 6.43. The molecular formula is C15H17N3O2. The van der Waals surface area contributed by atoms with Crippen LogP contribution in [0.1, 0.15) is 18.1 Å². The van der Waals surface area contributed by atoms with E-state index in [4.69, 9.17) is 0 Å². The van der Waals surface area contributed by atoms with Gasteiger partial charge in [-0.05, 0) is 24.1 Å². The number of anilines is 1. The van der Waals surface area contributed by atoms with E-state index in [0.29, 0.717) is 18.7 Å². The predicted molar refractivity (Wildman–Crippen MR) is 77.3 cm³/mol. The van der Waals surface area contributed by atoms with Crippen LogP contribution in [0.5, 0.6) is 0 Å². The van der Waals surface area contributed by atoms with Gasteiger partial charge in [-0.1, -0.05) is 30.3 Å². The Morgan fingerprint density at radius 1 is 1.20 bits per heavy atom. The highest BCUT2D eigenvalue weighted by Gasteiger charge is 2.07. The number of hydrogen-bond donors (Lipinski definition) is 3. The maximum atomic E-state index is 11.6. The Hall–Kier alpha value is -2.40. The highest BCUT2D eigenvalue weighted by Crippen LogP contribution is 2.14. The van der Waals surface area contributed by atoms with Gasteiger partial charge in [-0.25, -0.2) is 4.79 Å². The Morgan fingerprint density at radius 2 is 2.00 bits per heavy atom. The van der Waals surface area contributed by atoms with Gasteiger partial charge in [-0.15, -0.1) is 0 Å². The van der Waals surface area contributed by atoms with E-state index in [-0.39, 0.29) is 6.03 Å². The monoisotopic (exact) mass is 271 g/mol. The predicted octanol–water partition coefficient (Wildman–Crippen LogP) is 2.33. The number of nitrogens with zero attached hydrogens (tertiary/aromatic N) is 1. The number of rotatable bonds is 5. The first-order chi connectivity index (χ1) is 9.75. The van der Waals surface area contributed by atoms with Crippen LogP contribution >= 0.6 is 0 Å². The van der Waals surface area contributed by atoms with Gasteiger partial charge in [-0.3, -0.25) is 4.98 Å². The summed E-state index contributed by atoms with van der Waals surface area (Å²) in [5, 5.41) is 15.3. The second-order valence-corrected chi connectivity index (χ2v) is 4.34. The van der Waals surface area contributed by atoms with Crippen molar-refractivity contribution in [3.63, 3.8) is 0 Å². The quantitative estimate of drug-likeness (QED) is 0.781. The van der Waals surface area contributed by atoms with Crippen LogP contribution in [0.25, 0.3) is 0 Å². The molecule has 0 saturated carbocycles. The van der Waals surface area contributed by atoms with E-state index >= 15 is 0 Å². The average molecular weight is 271 g/mol. The molecule has 2 amide bonds. The van der Waals surface area contributed by atoms with Crippen LogP contribution in [0.3, 0.4) is 0 Å².